The second-order valence-electron chi connectivity index (χ2n) is 3.71. The largest absolute Gasteiger partial charge is 0.495 e. The summed E-state index contributed by atoms with van der Waals surface area (Å²) in [5.74, 6) is 0.782. The van der Waals surface area contributed by atoms with Crippen molar-refractivity contribution in [3.8, 4) is 5.75 Å². The molecule has 3 N–H and O–H groups in total. The van der Waals surface area contributed by atoms with Crippen molar-refractivity contribution in [1.82, 2.24) is 0 Å². The van der Waals surface area contributed by atoms with E-state index in [0.29, 0.717) is 0 Å². The van der Waals surface area contributed by atoms with Gasteiger partial charge in [0.2, 0.25) is 0 Å². The standard InChI is InChI=1S/C13H12BrIN2O/c1-18-13-7-9(3-4-10(13)14)17-12-5-2-8(15)6-11(12)16/h2-7,17H,16H2,1H3. The zero-order valence-electron chi connectivity index (χ0n) is 9.71. The lowest BCUT2D eigenvalue weighted by Gasteiger charge is -2.11. The van der Waals surface area contributed by atoms with Gasteiger partial charge in [0.05, 0.1) is 23.0 Å². The fourth-order valence-corrected chi connectivity index (χ4v) is 2.46. The molecule has 0 fully saturated rings. The van der Waals surface area contributed by atoms with Gasteiger partial charge in [0, 0.05) is 15.3 Å². The van der Waals surface area contributed by atoms with Gasteiger partial charge in [0.1, 0.15) is 5.75 Å². The van der Waals surface area contributed by atoms with Crippen molar-refractivity contribution in [1.29, 1.82) is 0 Å². The van der Waals surface area contributed by atoms with E-state index in [9.17, 15) is 0 Å². The van der Waals surface area contributed by atoms with Gasteiger partial charge in [-0.3, -0.25) is 0 Å². The summed E-state index contributed by atoms with van der Waals surface area (Å²) in [4.78, 5) is 0. The SMILES string of the molecule is COc1cc(Nc2ccc(I)cc2N)ccc1Br. The fourth-order valence-electron chi connectivity index (χ4n) is 1.54. The van der Waals surface area contributed by atoms with E-state index < -0.39 is 0 Å². The number of nitrogens with two attached hydrogens (primary N) is 1. The van der Waals surface area contributed by atoms with Crippen LogP contribution in [0.1, 0.15) is 0 Å². The number of anilines is 3. The maximum atomic E-state index is 5.96. The number of nitrogens with one attached hydrogen (secondary N) is 1. The number of halogens is 2. The Morgan fingerprint density at radius 2 is 2.00 bits per heavy atom. The minimum Gasteiger partial charge on any atom is -0.495 e. The summed E-state index contributed by atoms with van der Waals surface area (Å²) in [6, 6.07) is 11.7. The van der Waals surface area contributed by atoms with E-state index in [0.717, 1.165) is 30.9 Å². The molecule has 0 atom stereocenters. The molecule has 0 amide bonds. The number of hydrogen-bond acceptors (Lipinski definition) is 3. The highest BCUT2D eigenvalue weighted by molar-refractivity contribution is 14.1. The smallest absolute Gasteiger partial charge is 0.135 e. The summed E-state index contributed by atoms with van der Waals surface area (Å²) in [6.45, 7) is 0. The molecule has 0 saturated carbocycles. The van der Waals surface area contributed by atoms with Crippen LogP contribution in [0.2, 0.25) is 0 Å². The Morgan fingerprint density at radius 1 is 1.22 bits per heavy atom. The molecule has 0 aliphatic rings. The third-order valence-electron chi connectivity index (χ3n) is 2.44. The molecule has 0 aromatic heterocycles. The molecule has 0 radical (unpaired) electrons. The van der Waals surface area contributed by atoms with Crippen LogP contribution in [0.3, 0.4) is 0 Å². The second-order valence-corrected chi connectivity index (χ2v) is 5.81. The van der Waals surface area contributed by atoms with Crippen molar-refractivity contribution in [3.05, 3.63) is 44.4 Å². The third kappa shape index (κ3) is 3.08. The van der Waals surface area contributed by atoms with Crippen LogP contribution >= 0.6 is 38.5 Å². The normalized spacial score (nSPS) is 10.2. The van der Waals surface area contributed by atoms with Crippen LogP contribution in [-0.2, 0) is 0 Å². The molecule has 94 valence electrons. The van der Waals surface area contributed by atoms with E-state index in [4.69, 9.17) is 10.5 Å². The molecule has 2 rings (SSSR count). The topological polar surface area (TPSA) is 47.3 Å². The van der Waals surface area contributed by atoms with E-state index in [1.165, 1.54) is 0 Å². The Kier molecular flexibility index (Phi) is 4.34. The number of benzene rings is 2. The van der Waals surface area contributed by atoms with Gasteiger partial charge in [0.15, 0.2) is 0 Å². The first-order valence-corrected chi connectivity index (χ1v) is 7.13. The molecule has 0 aliphatic heterocycles. The van der Waals surface area contributed by atoms with Crippen LogP contribution in [-0.4, -0.2) is 7.11 Å². The predicted octanol–water partition coefficient (Wildman–Crippen LogP) is 4.39. The Hall–Kier alpha value is -0.950. The van der Waals surface area contributed by atoms with Crippen molar-refractivity contribution in [2.24, 2.45) is 0 Å². The molecule has 2 aromatic rings. The number of nitrogen functional groups attached to an aromatic ring is 1. The van der Waals surface area contributed by atoms with Crippen LogP contribution < -0.4 is 15.8 Å². The van der Waals surface area contributed by atoms with Crippen LogP contribution in [0.5, 0.6) is 5.75 Å². The average molecular weight is 419 g/mol. The Bertz CT molecular complexity index is 575. The highest BCUT2D eigenvalue weighted by Gasteiger charge is 2.04. The lowest BCUT2D eigenvalue weighted by molar-refractivity contribution is 0.412. The van der Waals surface area contributed by atoms with Gasteiger partial charge >= 0.3 is 0 Å². The van der Waals surface area contributed by atoms with Gasteiger partial charge < -0.3 is 15.8 Å². The molecule has 0 aliphatic carbocycles. The van der Waals surface area contributed by atoms with Crippen molar-refractivity contribution >= 4 is 55.6 Å². The minimum atomic E-state index is 0.726. The first kappa shape index (κ1) is 13.5. The van der Waals surface area contributed by atoms with Crippen molar-refractivity contribution in [2.45, 2.75) is 0 Å². The lowest BCUT2D eigenvalue weighted by Crippen LogP contribution is -1.97. The molecule has 18 heavy (non-hydrogen) atoms. The summed E-state index contributed by atoms with van der Waals surface area (Å²) in [6.07, 6.45) is 0. The molecular weight excluding hydrogens is 407 g/mol. The van der Waals surface area contributed by atoms with Crippen molar-refractivity contribution in [2.75, 3.05) is 18.2 Å². The molecule has 0 heterocycles. The van der Waals surface area contributed by atoms with Gasteiger partial charge in [-0.1, -0.05) is 0 Å². The Morgan fingerprint density at radius 3 is 2.67 bits per heavy atom. The van der Waals surface area contributed by atoms with Gasteiger partial charge in [-0.25, -0.2) is 0 Å². The Balaban J connectivity index is 2.28. The molecular formula is C13H12BrIN2O. The van der Waals surface area contributed by atoms with Crippen LogP contribution in [0.25, 0.3) is 0 Å². The first-order chi connectivity index (χ1) is 8.60. The second kappa shape index (κ2) is 5.79. The molecule has 3 nitrogen and oxygen atoms in total. The summed E-state index contributed by atoms with van der Waals surface area (Å²) >= 11 is 5.66. The van der Waals surface area contributed by atoms with Crippen molar-refractivity contribution < 1.29 is 4.74 Å². The first-order valence-electron chi connectivity index (χ1n) is 5.26. The molecule has 0 saturated heterocycles. The van der Waals surface area contributed by atoms with Gasteiger partial charge in [-0.2, -0.15) is 0 Å². The van der Waals surface area contributed by atoms with Crippen LogP contribution in [0.4, 0.5) is 17.1 Å². The van der Waals surface area contributed by atoms with Crippen molar-refractivity contribution in [3.63, 3.8) is 0 Å². The van der Waals surface area contributed by atoms with E-state index in [-0.39, 0.29) is 0 Å². The zero-order chi connectivity index (χ0) is 13.1. The predicted molar refractivity (Wildman–Crippen MR) is 87.5 cm³/mol. The number of methoxy groups -OCH3 is 1. The Labute approximate surface area is 128 Å². The number of ether oxygens (including phenoxy) is 1. The van der Waals surface area contributed by atoms with Crippen LogP contribution in [0.15, 0.2) is 40.9 Å². The van der Waals surface area contributed by atoms with E-state index in [2.05, 4.69) is 43.8 Å². The van der Waals surface area contributed by atoms with Gasteiger partial charge in [-0.05, 0) is 68.9 Å². The number of rotatable bonds is 3. The summed E-state index contributed by atoms with van der Waals surface area (Å²) in [5.41, 5.74) is 8.51. The van der Waals surface area contributed by atoms with Gasteiger partial charge in [0.25, 0.3) is 0 Å². The highest BCUT2D eigenvalue weighted by Crippen LogP contribution is 2.31. The lowest BCUT2D eigenvalue weighted by atomic mass is 10.2. The summed E-state index contributed by atoms with van der Waals surface area (Å²) in [5, 5.41) is 3.27. The monoisotopic (exact) mass is 418 g/mol. The quantitative estimate of drug-likeness (QED) is 0.574. The van der Waals surface area contributed by atoms with Gasteiger partial charge in [-0.15, -0.1) is 0 Å². The molecule has 0 spiro atoms. The summed E-state index contributed by atoms with van der Waals surface area (Å²) < 4.78 is 7.29. The van der Waals surface area contributed by atoms with Crippen LogP contribution in [0, 0.1) is 3.57 Å². The zero-order valence-corrected chi connectivity index (χ0v) is 13.4. The summed E-state index contributed by atoms with van der Waals surface area (Å²) in [7, 11) is 1.64. The highest BCUT2D eigenvalue weighted by atomic mass is 127. The molecule has 5 heteroatoms. The van der Waals surface area contributed by atoms with E-state index >= 15 is 0 Å². The average Bonchev–Trinajstić information content (AvgIpc) is 2.35. The fraction of sp³-hybridized carbons (Fsp3) is 0.0769. The van der Waals surface area contributed by atoms with E-state index in [1.54, 1.807) is 7.11 Å². The maximum Gasteiger partial charge on any atom is 0.135 e. The molecule has 0 unspecified atom stereocenters. The minimum absolute atomic E-state index is 0.726. The number of hydrogen-bond donors (Lipinski definition) is 2. The maximum absolute atomic E-state index is 5.96. The van der Waals surface area contributed by atoms with E-state index in [1.807, 2.05) is 36.4 Å². The third-order valence-corrected chi connectivity index (χ3v) is 3.77. The molecule has 2 aromatic carbocycles. The molecule has 0 bridgehead atoms.